The van der Waals surface area contributed by atoms with Crippen LogP contribution in [-0.4, -0.2) is 68.2 Å². The van der Waals surface area contributed by atoms with Crippen LogP contribution in [-0.2, 0) is 35.7 Å². The topological polar surface area (TPSA) is 113 Å². The summed E-state index contributed by atoms with van der Waals surface area (Å²) in [7, 11) is -3.81. The van der Waals surface area contributed by atoms with Crippen LogP contribution in [0.3, 0.4) is 0 Å². The van der Waals surface area contributed by atoms with Crippen molar-refractivity contribution in [3.05, 3.63) is 65.7 Å². The van der Waals surface area contributed by atoms with Gasteiger partial charge in [-0.3, -0.25) is 14.4 Å². The Labute approximate surface area is 214 Å². The van der Waals surface area contributed by atoms with Crippen LogP contribution in [0.15, 0.2) is 53.4 Å². The molecule has 1 fully saturated rings. The van der Waals surface area contributed by atoms with Crippen molar-refractivity contribution >= 4 is 27.8 Å². The van der Waals surface area contributed by atoms with Gasteiger partial charge in [-0.05, 0) is 61.7 Å². The van der Waals surface area contributed by atoms with Crippen LogP contribution < -0.4 is 5.32 Å². The van der Waals surface area contributed by atoms with Crippen molar-refractivity contribution in [2.24, 2.45) is 5.92 Å². The molecule has 0 saturated carbocycles. The summed E-state index contributed by atoms with van der Waals surface area (Å²) in [5.41, 5.74) is 0.703. The fourth-order valence-corrected chi connectivity index (χ4v) is 5.31. The van der Waals surface area contributed by atoms with E-state index in [1.54, 1.807) is 19.1 Å². The third-order valence-electron chi connectivity index (χ3n) is 6.05. The van der Waals surface area contributed by atoms with Crippen LogP contribution in [0.5, 0.6) is 0 Å². The number of hydrogen-bond donors (Lipinski definition) is 1. The van der Waals surface area contributed by atoms with Gasteiger partial charge in [0.1, 0.15) is 11.6 Å². The Hall–Kier alpha value is -3.38. The summed E-state index contributed by atoms with van der Waals surface area (Å²) in [6, 6.07) is 10.2. The van der Waals surface area contributed by atoms with Gasteiger partial charge in [-0.1, -0.05) is 12.1 Å². The van der Waals surface area contributed by atoms with Crippen molar-refractivity contribution in [1.29, 1.82) is 0 Å². The van der Waals surface area contributed by atoms with Crippen molar-refractivity contribution < 1.29 is 36.3 Å². The molecular weight excluding hydrogens is 508 g/mol. The minimum absolute atomic E-state index is 0.0260. The lowest BCUT2D eigenvalue weighted by Crippen LogP contribution is -2.43. The molecule has 0 radical (unpaired) electrons. The SMILES string of the molecule is CCN(CC(=O)NCc1ccc(F)cc1)C(=O)COC(=O)C1CCN(S(=O)(=O)c2ccc(F)cc2)CC1. The van der Waals surface area contributed by atoms with Gasteiger partial charge >= 0.3 is 5.97 Å². The number of nitrogens with one attached hydrogen (secondary N) is 1. The fourth-order valence-electron chi connectivity index (χ4n) is 3.84. The molecule has 0 bridgehead atoms. The minimum atomic E-state index is -3.81. The third-order valence-corrected chi connectivity index (χ3v) is 7.96. The molecule has 0 unspecified atom stereocenters. The van der Waals surface area contributed by atoms with Crippen LogP contribution in [0, 0.1) is 17.6 Å². The van der Waals surface area contributed by atoms with Gasteiger partial charge in [0, 0.05) is 26.2 Å². The summed E-state index contributed by atoms with van der Waals surface area (Å²) in [6.07, 6.45) is 0.438. The van der Waals surface area contributed by atoms with E-state index in [-0.39, 0.29) is 56.3 Å². The smallest absolute Gasteiger partial charge is 0.309 e. The van der Waals surface area contributed by atoms with E-state index in [1.807, 2.05) is 0 Å². The largest absolute Gasteiger partial charge is 0.455 e. The Morgan fingerprint density at radius 3 is 2.14 bits per heavy atom. The number of amides is 2. The van der Waals surface area contributed by atoms with Gasteiger partial charge in [0.2, 0.25) is 15.9 Å². The zero-order valence-electron chi connectivity index (χ0n) is 20.4. The molecule has 0 aliphatic carbocycles. The van der Waals surface area contributed by atoms with Crippen LogP contribution in [0.2, 0.25) is 0 Å². The summed E-state index contributed by atoms with van der Waals surface area (Å²) in [6.45, 7) is 1.49. The first-order chi connectivity index (χ1) is 17.6. The van der Waals surface area contributed by atoms with Crippen molar-refractivity contribution in [1.82, 2.24) is 14.5 Å². The van der Waals surface area contributed by atoms with Crippen LogP contribution in [0.25, 0.3) is 0 Å². The molecule has 1 saturated heterocycles. The van der Waals surface area contributed by atoms with Crippen molar-refractivity contribution in [2.75, 3.05) is 32.8 Å². The number of carbonyl (C=O) groups excluding carboxylic acids is 3. The number of esters is 1. The molecule has 0 atom stereocenters. The van der Waals surface area contributed by atoms with Gasteiger partial charge in [0.25, 0.3) is 5.91 Å². The summed E-state index contributed by atoms with van der Waals surface area (Å²) in [5, 5.41) is 2.65. The molecule has 2 aromatic carbocycles. The van der Waals surface area contributed by atoms with Crippen molar-refractivity contribution in [3.63, 3.8) is 0 Å². The molecule has 1 aliphatic heterocycles. The highest BCUT2D eigenvalue weighted by Crippen LogP contribution is 2.24. The van der Waals surface area contributed by atoms with Gasteiger partial charge in [0.15, 0.2) is 6.61 Å². The van der Waals surface area contributed by atoms with E-state index in [4.69, 9.17) is 4.74 Å². The average molecular weight is 538 g/mol. The molecule has 1 aliphatic rings. The van der Waals surface area contributed by atoms with Crippen molar-refractivity contribution in [2.45, 2.75) is 31.2 Å². The Morgan fingerprint density at radius 1 is 1.00 bits per heavy atom. The second-order valence-corrected chi connectivity index (χ2v) is 10.5. The number of rotatable bonds is 10. The lowest BCUT2D eigenvalue weighted by Gasteiger charge is -2.30. The molecular formula is C25H29F2N3O6S. The van der Waals surface area contributed by atoms with E-state index in [1.165, 1.54) is 33.5 Å². The molecule has 2 aromatic rings. The number of hydrogen-bond acceptors (Lipinski definition) is 6. The monoisotopic (exact) mass is 537 g/mol. The Morgan fingerprint density at radius 2 is 1.57 bits per heavy atom. The number of piperidine rings is 1. The maximum absolute atomic E-state index is 13.1. The van der Waals surface area contributed by atoms with Gasteiger partial charge in [0.05, 0.1) is 17.4 Å². The summed E-state index contributed by atoms with van der Waals surface area (Å²) < 4.78 is 57.9. The first-order valence-electron chi connectivity index (χ1n) is 11.8. The second kappa shape index (κ2) is 12.7. The van der Waals surface area contributed by atoms with E-state index in [0.717, 1.165) is 12.1 Å². The summed E-state index contributed by atoms with van der Waals surface area (Å²) >= 11 is 0. The maximum Gasteiger partial charge on any atom is 0.309 e. The molecule has 3 rings (SSSR count). The zero-order valence-corrected chi connectivity index (χ0v) is 21.2. The predicted molar refractivity (Wildman–Crippen MR) is 129 cm³/mol. The molecule has 9 nitrogen and oxygen atoms in total. The van der Waals surface area contributed by atoms with E-state index >= 15 is 0 Å². The number of nitrogens with zero attached hydrogens (tertiary/aromatic N) is 2. The van der Waals surface area contributed by atoms with E-state index in [0.29, 0.717) is 5.56 Å². The molecule has 2 amide bonds. The Bertz CT molecular complexity index is 1200. The minimum Gasteiger partial charge on any atom is -0.455 e. The van der Waals surface area contributed by atoms with Crippen LogP contribution in [0.1, 0.15) is 25.3 Å². The quantitative estimate of drug-likeness (QED) is 0.465. The molecule has 12 heteroatoms. The molecule has 0 aromatic heterocycles. The number of carbonyl (C=O) groups is 3. The van der Waals surface area contributed by atoms with Gasteiger partial charge in [-0.2, -0.15) is 4.31 Å². The standard InChI is InChI=1S/C25H29F2N3O6S/c1-2-29(16-23(31)28-15-18-3-5-20(26)6-4-18)24(32)17-36-25(33)19-11-13-30(14-12-19)37(34,35)22-9-7-21(27)8-10-22/h3-10,19H,2,11-17H2,1H3,(H,28,31). The molecule has 0 spiro atoms. The molecule has 1 N–H and O–H groups in total. The highest BCUT2D eigenvalue weighted by Gasteiger charge is 2.33. The summed E-state index contributed by atoms with van der Waals surface area (Å²) in [4.78, 5) is 38.4. The first kappa shape index (κ1) is 28.2. The van der Waals surface area contributed by atoms with Crippen LogP contribution in [0.4, 0.5) is 8.78 Å². The number of benzene rings is 2. The first-order valence-corrected chi connectivity index (χ1v) is 13.3. The van der Waals surface area contributed by atoms with E-state index < -0.39 is 46.1 Å². The highest BCUT2D eigenvalue weighted by atomic mass is 32.2. The number of likely N-dealkylation sites (N-methyl/N-ethyl adjacent to an activating group) is 1. The van der Waals surface area contributed by atoms with E-state index in [2.05, 4.69) is 5.32 Å². The zero-order chi connectivity index (χ0) is 27.0. The molecule has 1 heterocycles. The molecule has 200 valence electrons. The maximum atomic E-state index is 13.1. The van der Waals surface area contributed by atoms with Gasteiger partial charge in [-0.25, -0.2) is 17.2 Å². The predicted octanol–water partition coefficient (Wildman–Crippen LogP) is 2.07. The van der Waals surface area contributed by atoms with Gasteiger partial charge < -0.3 is 15.0 Å². The normalized spacial score (nSPS) is 14.7. The number of halogens is 2. The third kappa shape index (κ3) is 7.80. The second-order valence-electron chi connectivity index (χ2n) is 8.55. The van der Waals surface area contributed by atoms with Crippen molar-refractivity contribution in [3.8, 4) is 0 Å². The average Bonchev–Trinajstić information content (AvgIpc) is 2.90. The Balaban J connectivity index is 1.42. The van der Waals surface area contributed by atoms with Gasteiger partial charge in [-0.15, -0.1) is 0 Å². The highest BCUT2D eigenvalue weighted by molar-refractivity contribution is 7.89. The van der Waals surface area contributed by atoms with E-state index in [9.17, 15) is 31.6 Å². The lowest BCUT2D eigenvalue weighted by atomic mass is 9.98. The lowest BCUT2D eigenvalue weighted by molar-refractivity contribution is -0.156. The number of sulfonamides is 1. The van der Waals surface area contributed by atoms with Crippen LogP contribution >= 0.6 is 0 Å². The molecule has 37 heavy (non-hydrogen) atoms. The number of ether oxygens (including phenoxy) is 1. The summed E-state index contributed by atoms with van der Waals surface area (Å²) in [5.74, 6) is -3.05. The Kier molecular flexibility index (Phi) is 9.70. The fraction of sp³-hybridized carbons (Fsp3) is 0.400.